The van der Waals surface area contributed by atoms with Gasteiger partial charge in [-0.1, -0.05) is 30.3 Å². The number of nitrogens with zero attached hydrogens (tertiary/aromatic N) is 3. The summed E-state index contributed by atoms with van der Waals surface area (Å²) in [5.41, 5.74) is 8.34. The summed E-state index contributed by atoms with van der Waals surface area (Å²) in [5, 5.41) is 11.5. The zero-order valence-corrected chi connectivity index (χ0v) is 50.3. The highest BCUT2D eigenvalue weighted by molar-refractivity contribution is 5.93. The third-order valence-corrected chi connectivity index (χ3v) is 16.1. The van der Waals surface area contributed by atoms with Crippen molar-refractivity contribution in [3.05, 3.63) is 146 Å². The van der Waals surface area contributed by atoms with E-state index in [2.05, 4.69) is 55.2 Å². The molecule has 3 saturated heterocycles. The predicted octanol–water partition coefficient (Wildman–Crippen LogP) is 11.5. The predicted molar refractivity (Wildman–Crippen MR) is 334 cm³/mol. The van der Waals surface area contributed by atoms with Crippen molar-refractivity contribution >= 4 is 50.4 Å². The van der Waals surface area contributed by atoms with Crippen LogP contribution in [0.4, 0.5) is 0 Å². The fourth-order valence-electron chi connectivity index (χ4n) is 11.1. The van der Waals surface area contributed by atoms with E-state index in [1.165, 1.54) is 0 Å². The Balaban J connectivity index is 0.000000145. The van der Waals surface area contributed by atoms with Crippen LogP contribution in [0, 0.1) is 17.8 Å². The molecule has 0 radical (unpaired) electrons. The molecule has 6 atom stereocenters. The molecular weight excluding hydrogens is 1100 g/mol. The molecule has 3 aliphatic heterocycles. The first-order chi connectivity index (χ1) is 42.3. The maximum Gasteiger partial charge on any atom is 0.220 e. The van der Waals surface area contributed by atoms with E-state index in [0.29, 0.717) is 73.4 Å². The molecule has 6 aromatic carbocycles. The number of aromatic nitrogens is 3. The fraction of sp³-hybridized carbons (Fsp3) is 0.304. The van der Waals surface area contributed by atoms with Crippen molar-refractivity contribution < 1.29 is 57.0 Å². The summed E-state index contributed by atoms with van der Waals surface area (Å²) in [6, 6.07) is 41.7. The van der Waals surface area contributed by atoms with Gasteiger partial charge < -0.3 is 58.6 Å². The average Bonchev–Trinajstić information content (AvgIpc) is 2.26. The number of carbonyl (C=O) groups is 3. The molecule has 450 valence electrons. The van der Waals surface area contributed by atoms with Gasteiger partial charge in [0.05, 0.1) is 59.2 Å². The second kappa shape index (κ2) is 27.5. The smallest absolute Gasteiger partial charge is 0.220 e. The van der Waals surface area contributed by atoms with Crippen molar-refractivity contribution in [3.8, 4) is 85.1 Å². The number of carbonyl (C=O) groups excluding carboxylic acids is 3. The number of amides is 3. The molecule has 9 aromatic rings. The number of ether oxygens (including phenoxy) is 9. The highest BCUT2D eigenvalue weighted by Gasteiger charge is 2.31. The Bertz CT molecular complexity index is 3710. The van der Waals surface area contributed by atoms with Crippen LogP contribution >= 0.6 is 0 Å². The van der Waals surface area contributed by atoms with E-state index < -0.39 is 0 Å². The van der Waals surface area contributed by atoms with Gasteiger partial charge in [0.25, 0.3) is 0 Å². The number of hydrogen-bond donors (Lipinski definition) is 3. The van der Waals surface area contributed by atoms with Gasteiger partial charge in [0.1, 0.15) is 35.6 Å². The maximum absolute atomic E-state index is 11.6. The van der Waals surface area contributed by atoms with E-state index in [0.717, 1.165) is 83.3 Å². The molecule has 0 bridgehead atoms. The first-order valence-corrected chi connectivity index (χ1v) is 28.9. The van der Waals surface area contributed by atoms with E-state index in [4.69, 9.17) is 42.6 Å². The average molecular weight is 1180 g/mol. The number of benzene rings is 6. The van der Waals surface area contributed by atoms with Gasteiger partial charge in [-0.2, -0.15) is 0 Å². The van der Waals surface area contributed by atoms with E-state index in [1.54, 1.807) is 61.2 Å². The molecule has 3 fully saturated rings. The van der Waals surface area contributed by atoms with Crippen LogP contribution in [-0.2, 0) is 14.4 Å². The summed E-state index contributed by atoms with van der Waals surface area (Å²) < 4.78 is 51.9. The Hall–Kier alpha value is -9.84. The molecule has 3 aliphatic rings. The third-order valence-electron chi connectivity index (χ3n) is 16.1. The Kier molecular flexibility index (Phi) is 19.0. The van der Waals surface area contributed by atoms with Crippen LogP contribution in [0.25, 0.3) is 66.1 Å². The molecule has 18 nitrogen and oxygen atoms in total. The lowest BCUT2D eigenvalue weighted by Gasteiger charge is -2.21. The summed E-state index contributed by atoms with van der Waals surface area (Å²) in [6.07, 6.45) is 6.48. The molecule has 0 unspecified atom stereocenters. The highest BCUT2D eigenvalue weighted by atomic mass is 16.5. The molecule has 0 saturated carbocycles. The number of nitrogens with one attached hydrogen (secondary N) is 3. The lowest BCUT2D eigenvalue weighted by Crippen LogP contribution is -2.25. The minimum Gasteiger partial charge on any atom is -0.493 e. The lowest BCUT2D eigenvalue weighted by molar-refractivity contribution is -0.120. The molecule has 3 N–H and O–H groups in total. The Morgan fingerprint density at radius 1 is 0.356 bits per heavy atom. The monoisotopic (exact) mass is 1180 g/mol. The van der Waals surface area contributed by atoms with Crippen LogP contribution in [0.15, 0.2) is 146 Å². The van der Waals surface area contributed by atoms with Crippen LogP contribution in [0.1, 0.15) is 40.0 Å². The minimum atomic E-state index is -0.127. The van der Waals surface area contributed by atoms with Gasteiger partial charge >= 0.3 is 0 Å². The Labute approximate surface area is 505 Å². The van der Waals surface area contributed by atoms with E-state index in [9.17, 15) is 14.4 Å². The zero-order chi connectivity index (χ0) is 61.1. The standard InChI is InChI=1S/2C24H26N2O5.C21H20N2O2/c2*1-14(17-12-23(27)26-13-17)31-20-9-15(8-19-18(20)6-5-7-25-19)16-10-21(28-2)24(30-4)22(11-16)29-3;1-14(17-12-21(24)23-13-17)25-20-11-16(15-6-3-2-4-7-15)10-19-18(20)8-5-9-22-19/h2*5-11,14,17H,12-13H2,1-4H3,(H,26,27);2-11,14,17H,12-13H2,1H3,(H,23,24)/t3*14-,17-/m111/s1. The van der Waals surface area contributed by atoms with Gasteiger partial charge in [-0.05, 0) is 151 Å². The van der Waals surface area contributed by atoms with Crippen LogP contribution < -0.4 is 58.6 Å². The van der Waals surface area contributed by atoms with Crippen molar-refractivity contribution in [1.82, 2.24) is 30.9 Å². The van der Waals surface area contributed by atoms with Crippen molar-refractivity contribution in [2.45, 2.75) is 58.3 Å². The van der Waals surface area contributed by atoms with Crippen LogP contribution in [0.2, 0.25) is 0 Å². The second-order valence-electron chi connectivity index (χ2n) is 21.6. The molecule has 3 amide bonds. The number of fused-ring (bicyclic) bond motifs is 3. The van der Waals surface area contributed by atoms with E-state index >= 15 is 0 Å². The summed E-state index contributed by atoms with van der Waals surface area (Å²) in [7, 11) is 9.53. The molecule has 0 aliphatic carbocycles. The summed E-state index contributed by atoms with van der Waals surface area (Å²) in [5.74, 6) is 6.32. The van der Waals surface area contributed by atoms with E-state index in [-0.39, 0.29) is 53.8 Å². The molecule has 87 heavy (non-hydrogen) atoms. The number of rotatable bonds is 18. The highest BCUT2D eigenvalue weighted by Crippen LogP contribution is 2.45. The molecular formula is C69H72N6O12. The van der Waals surface area contributed by atoms with Crippen molar-refractivity contribution in [2.75, 3.05) is 62.3 Å². The van der Waals surface area contributed by atoms with Crippen molar-refractivity contribution in [3.63, 3.8) is 0 Å². The molecule has 12 rings (SSSR count). The first kappa shape index (κ1) is 60.3. The lowest BCUT2D eigenvalue weighted by atomic mass is 10.0. The van der Waals surface area contributed by atoms with Gasteiger partial charge in [0.15, 0.2) is 23.0 Å². The van der Waals surface area contributed by atoms with Crippen molar-refractivity contribution in [2.24, 2.45) is 17.8 Å². The molecule has 0 spiro atoms. The third kappa shape index (κ3) is 13.8. The van der Waals surface area contributed by atoms with E-state index in [1.807, 2.05) is 124 Å². The Morgan fingerprint density at radius 3 is 0.920 bits per heavy atom. The molecule has 3 aromatic heterocycles. The van der Waals surface area contributed by atoms with Gasteiger partial charge in [0.2, 0.25) is 29.2 Å². The minimum absolute atomic E-state index is 0.0478. The van der Waals surface area contributed by atoms with Gasteiger partial charge in [0, 0.05) is 91.4 Å². The van der Waals surface area contributed by atoms with Crippen LogP contribution in [0.5, 0.6) is 51.7 Å². The van der Waals surface area contributed by atoms with Gasteiger partial charge in [-0.15, -0.1) is 0 Å². The SMILES string of the molecule is COc1cc(-c2cc(O[C@H](C)[C@H]3CNC(=O)C3)c3cccnc3c2)cc(OC)c1OC.COc1cc(-c2cc(O[C@H](C)[C@H]3CNC(=O)C3)c3cccnc3c2)cc(OC)c1OC.C[C@@H](Oc1cc(-c2ccccc2)cc2ncccc12)[C@H]1CNC(=O)C1. The summed E-state index contributed by atoms with van der Waals surface area (Å²) >= 11 is 0. The largest absolute Gasteiger partial charge is 0.493 e. The Morgan fingerprint density at radius 2 is 0.644 bits per heavy atom. The fourth-order valence-corrected chi connectivity index (χ4v) is 11.1. The number of hydrogen-bond acceptors (Lipinski definition) is 15. The second-order valence-corrected chi connectivity index (χ2v) is 21.6. The molecule has 6 heterocycles. The maximum atomic E-state index is 11.6. The van der Waals surface area contributed by atoms with Gasteiger partial charge in [-0.25, -0.2) is 0 Å². The molecule has 18 heteroatoms. The summed E-state index contributed by atoms with van der Waals surface area (Å²) in [6.45, 7) is 7.96. The first-order valence-electron chi connectivity index (χ1n) is 28.9. The topological polar surface area (TPSA) is 209 Å². The normalized spacial score (nSPS) is 17.1. The van der Waals surface area contributed by atoms with Crippen LogP contribution in [0.3, 0.4) is 0 Å². The quantitative estimate of drug-likeness (QED) is 0.0730. The van der Waals surface area contributed by atoms with Gasteiger partial charge in [-0.3, -0.25) is 29.3 Å². The van der Waals surface area contributed by atoms with Crippen molar-refractivity contribution in [1.29, 1.82) is 0 Å². The number of pyridine rings is 3. The zero-order valence-electron chi connectivity index (χ0n) is 50.3. The van der Waals surface area contributed by atoms with Crippen LogP contribution in [-0.4, -0.2) is 113 Å². The number of methoxy groups -OCH3 is 6. The summed E-state index contributed by atoms with van der Waals surface area (Å²) in [4.78, 5) is 48.3.